The van der Waals surface area contributed by atoms with Gasteiger partial charge in [-0.25, -0.2) is 0 Å². The molecular formula is C8H15NO. The van der Waals surface area contributed by atoms with Crippen molar-refractivity contribution in [3.05, 3.63) is 0 Å². The van der Waals surface area contributed by atoms with Crippen LogP contribution in [0.3, 0.4) is 0 Å². The molecule has 2 N–H and O–H groups in total. The quantitative estimate of drug-likeness (QED) is 0.547. The molecule has 2 fully saturated rings. The van der Waals surface area contributed by atoms with Crippen LogP contribution in [0.4, 0.5) is 0 Å². The summed E-state index contributed by atoms with van der Waals surface area (Å²) >= 11 is 0. The summed E-state index contributed by atoms with van der Waals surface area (Å²) < 4.78 is 5.69. The maximum atomic E-state index is 5.95. The molecule has 1 spiro atoms. The smallest absolute Gasteiger partial charge is 0.0833 e. The Morgan fingerprint density at radius 3 is 2.60 bits per heavy atom. The maximum Gasteiger partial charge on any atom is 0.0833 e. The Morgan fingerprint density at radius 1 is 1.30 bits per heavy atom. The van der Waals surface area contributed by atoms with Gasteiger partial charge in [0.2, 0.25) is 0 Å². The normalized spacial score (nSPS) is 47.1. The summed E-state index contributed by atoms with van der Waals surface area (Å²) in [5.41, 5.74) is 6.08. The summed E-state index contributed by atoms with van der Waals surface area (Å²) in [5.74, 6) is 0. The van der Waals surface area contributed by atoms with Crippen molar-refractivity contribution in [3.63, 3.8) is 0 Å². The molecule has 1 heterocycles. The van der Waals surface area contributed by atoms with Crippen LogP contribution in [-0.2, 0) is 4.74 Å². The lowest BCUT2D eigenvalue weighted by atomic mass is 9.95. The fourth-order valence-electron chi connectivity index (χ4n) is 2.28. The largest absolute Gasteiger partial charge is 0.373 e. The first kappa shape index (κ1) is 6.62. The molecule has 0 bridgehead atoms. The Bertz CT molecular complexity index is 124. The van der Waals surface area contributed by atoms with Crippen molar-refractivity contribution in [2.24, 2.45) is 5.73 Å². The van der Waals surface area contributed by atoms with Gasteiger partial charge in [0, 0.05) is 12.6 Å². The van der Waals surface area contributed by atoms with Gasteiger partial charge < -0.3 is 10.5 Å². The zero-order chi connectivity index (χ0) is 7.03. The number of rotatable bonds is 0. The van der Waals surface area contributed by atoms with Gasteiger partial charge in [-0.15, -0.1) is 0 Å². The number of hydrogen-bond acceptors (Lipinski definition) is 2. The molecular weight excluding hydrogens is 126 g/mol. The van der Waals surface area contributed by atoms with Crippen molar-refractivity contribution in [1.29, 1.82) is 0 Å². The molecule has 10 heavy (non-hydrogen) atoms. The zero-order valence-corrected chi connectivity index (χ0v) is 6.31. The molecule has 1 aliphatic heterocycles. The van der Waals surface area contributed by atoms with Gasteiger partial charge in [-0.2, -0.15) is 0 Å². The second kappa shape index (κ2) is 2.21. The molecule has 2 nitrogen and oxygen atoms in total. The second-order valence-corrected chi connectivity index (χ2v) is 3.52. The zero-order valence-electron chi connectivity index (χ0n) is 6.31. The molecule has 2 rings (SSSR count). The third-order valence-corrected chi connectivity index (χ3v) is 2.92. The molecule has 0 amide bonds. The molecule has 58 valence electrons. The van der Waals surface area contributed by atoms with Gasteiger partial charge in [0.15, 0.2) is 0 Å². The predicted octanol–water partition coefficient (Wildman–Crippen LogP) is 1.05. The lowest BCUT2D eigenvalue weighted by molar-refractivity contribution is -0.00188. The SMILES string of the molecule is N[C@@H]1CCC[C@]12CCCO2. The van der Waals surface area contributed by atoms with Crippen molar-refractivity contribution in [2.75, 3.05) is 6.61 Å². The highest BCUT2D eigenvalue weighted by Gasteiger charge is 2.43. The molecule has 0 aromatic carbocycles. The van der Waals surface area contributed by atoms with E-state index >= 15 is 0 Å². The highest BCUT2D eigenvalue weighted by atomic mass is 16.5. The lowest BCUT2D eigenvalue weighted by Crippen LogP contribution is -2.42. The molecule has 2 atom stereocenters. The predicted molar refractivity (Wildman–Crippen MR) is 39.7 cm³/mol. The highest BCUT2D eigenvalue weighted by molar-refractivity contribution is 4.99. The standard InChI is InChI=1S/C8H15NO/c9-7-3-1-4-8(7)5-2-6-10-8/h7H,1-6,9H2/t7-,8+/m1/s1. The Labute approximate surface area is 61.7 Å². The average Bonchev–Trinajstić information content (AvgIpc) is 2.48. The maximum absolute atomic E-state index is 5.95. The first-order valence-corrected chi connectivity index (χ1v) is 4.23. The minimum Gasteiger partial charge on any atom is -0.373 e. The third-order valence-electron chi connectivity index (χ3n) is 2.92. The van der Waals surface area contributed by atoms with E-state index in [0.29, 0.717) is 6.04 Å². The average molecular weight is 141 g/mol. The van der Waals surface area contributed by atoms with E-state index in [1.54, 1.807) is 0 Å². The fourth-order valence-corrected chi connectivity index (χ4v) is 2.28. The number of nitrogens with two attached hydrogens (primary N) is 1. The summed E-state index contributed by atoms with van der Waals surface area (Å²) in [6.45, 7) is 0.938. The van der Waals surface area contributed by atoms with E-state index in [-0.39, 0.29) is 5.60 Å². The molecule has 1 saturated heterocycles. The minimum atomic E-state index is 0.125. The first-order chi connectivity index (χ1) is 4.83. The van der Waals surface area contributed by atoms with Crippen LogP contribution in [0.5, 0.6) is 0 Å². The van der Waals surface area contributed by atoms with Gasteiger partial charge in [-0.05, 0) is 32.1 Å². The van der Waals surface area contributed by atoms with Crippen LogP contribution in [0.25, 0.3) is 0 Å². The molecule has 2 heteroatoms. The molecule has 1 aliphatic carbocycles. The summed E-state index contributed by atoms with van der Waals surface area (Å²) in [5, 5.41) is 0. The monoisotopic (exact) mass is 141 g/mol. The van der Waals surface area contributed by atoms with Gasteiger partial charge in [0.25, 0.3) is 0 Å². The minimum absolute atomic E-state index is 0.125. The first-order valence-electron chi connectivity index (χ1n) is 4.23. The molecule has 0 aromatic heterocycles. The van der Waals surface area contributed by atoms with Crippen LogP contribution in [-0.4, -0.2) is 18.2 Å². The van der Waals surface area contributed by atoms with Crippen LogP contribution in [0, 0.1) is 0 Å². The molecule has 1 saturated carbocycles. The third kappa shape index (κ3) is 0.789. The Morgan fingerprint density at radius 2 is 2.10 bits per heavy atom. The van der Waals surface area contributed by atoms with Crippen molar-refractivity contribution < 1.29 is 4.74 Å². The number of hydrogen-bond donors (Lipinski definition) is 1. The van der Waals surface area contributed by atoms with Crippen LogP contribution in [0.2, 0.25) is 0 Å². The van der Waals surface area contributed by atoms with E-state index in [9.17, 15) is 0 Å². The van der Waals surface area contributed by atoms with E-state index < -0.39 is 0 Å². The summed E-state index contributed by atoms with van der Waals surface area (Å²) in [4.78, 5) is 0. The fraction of sp³-hybridized carbons (Fsp3) is 1.00. The summed E-state index contributed by atoms with van der Waals surface area (Å²) in [7, 11) is 0. The summed E-state index contributed by atoms with van der Waals surface area (Å²) in [6.07, 6.45) is 6.05. The number of ether oxygens (including phenoxy) is 1. The topological polar surface area (TPSA) is 35.2 Å². The van der Waals surface area contributed by atoms with E-state index in [4.69, 9.17) is 10.5 Å². The van der Waals surface area contributed by atoms with E-state index in [1.165, 1.54) is 32.1 Å². The van der Waals surface area contributed by atoms with Gasteiger partial charge >= 0.3 is 0 Å². The van der Waals surface area contributed by atoms with Crippen molar-refractivity contribution in [2.45, 2.75) is 43.7 Å². The Kier molecular flexibility index (Phi) is 1.46. The molecule has 2 aliphatic rings. The van der Waals surface area contributed by atoms with Crippen molar-refractivity contribution in [1.82, 2.24) is 0 Å². The molecule has 0 unspecified atom stereocenters. The molecule has 0 aromatic rings. The van der Waals surface area contributed by atoms with Crippen LogP contribution >= 0.6 is 0 Å². The van der Waals surface area contributed by atoms with Crippen LogP contribution in [0.15, 0.2) is 0 Å². The summed E-state index contributed by atoms with van der Waals surface area (Å²) in [6, 6.07) is 0.329. The lowest BCUT2D eigenvalue weighted by Gasteiger charge is -2.27. The second-order valence-electron chi connectivity index (χ2n) is 3.52. The van der Waals surface area contributed by atoms with Gasteiger partial charge in [0.1, 0.15) is 0 Å². The van der Waals surface area contributed by atoms with Gasteiger partial charge in [-0.3, -0.25) is 0 Å². The van der Waals surface area contributed by atoms with Crippen molar-refractivity contribution in [3.8, 4) is 0 Å². The van der Waals surface area contributed by atoms with Gasteiger partial charge in [0.05, 0.1) is 5.60 Å². The molecule has 0 radical (unpaired) electrons. The van der Waals surface area contributed by atoms with E-state index in [0.717, 1.165) is 6.61 Å². The highest BCUT2D eigenvalue weighted by Crippen LogP contribution is 2.39. The van der Waals surface area contributed by atoms with E-state index in [1.807, 2.05) is 0 Å². The Hall–Kier alpha value is -0.0800. The van der Waals surface area contributed by atoms with Crippen LogP contribution in [0.1, 0.15) is 32.1 Å². The Balaban J connectivity index is 2.11. The van der Waals surface area contributed by atoms with Gasteiger partial charge in [-0.1, -0.05) is 0 Å². The van der Waals surface area contributed by atoms with E-state index in [2.05, 4.69) is 0 Å². The van der Waals surface area contributed by atoms with Crippen LogP contribution < -0.4 is 5.73 Å². The van der Waals surface area contributed by atoms with Crippen molar-refractivity contribution >= 4 is 0 Å².